The molecule has 2 saturated carbocycles. The van der Waals surface area contributed by atoms with E-state index in [0.717, 1.165) is 25.7 Å². The van der Waals surface area contributed by atoms with Crippen molar-refractivity contribution in [2.24, 2.45) is 17.3 Å². The highest BCUT2D eigenvalue weighted by Crippen LogP contribution is 2.61. The minimum absolute atomic E-state index is 0.0714. The first-order valence-electron chi connectivity index (χ1n) is 10.0. The van der Waals surface area contributed by atoms with Gasteiger partial charge in [-0.25, -0.2) is 0 Å². The largest absolute Gasteiger partial charge is 0.508 e. The Balaban J connectivity index is 1.53. The summed E-state index contributed by atoms with van der Waals surface area (Å²) in [4.78, 5) is 14.1. The minimum Gasteiger partial charge on any atom is -0.508 e. The van der Waals surface area contributed by atoms with Crippen LogP contribution in [0.1, 0.15) is 56.1 Å². The molecule has 3 aliphatic carbocycles. The number of phenols is 1. The van der Waals surface area contributed by atoms with Crippen LogP contribution in [0.3, 0.4) is 0 Å². The number of aryl methyl sites for hydroxylation is 1. The van der Waals surface area contributed by atoms with Gasteiger partial charge in [-0.05, 0) is 93.6 Å². The van der Waals surface area contributed by atoms with Gasteiger partial charge < -0.3 is 9.84 Å². The van der Waals surface area contributed by atoms with Crippen molar-refractivity contribution >= 4 is 5.97 Å². The molecule has 0 aromatic heterocycles. The van der Waals surface area contributed by atoms with E-state index in [-0.39, 0.29) is 17.5 Å². The van der Waals surface area contributed by atoms with E-state index >= 15 is 0 Å². The van der Waals surface area contributed by atoms with Crippen molar-refractivity contribution in [1.29, 1.82) is 0 Å². The highest BCUT2D eigenvalue weighted by Gasteiger charge is 2.56. The van der Waals surface area contributed by atoms with E-state index in [4.69, 9.17) is 4.74 Å². The Kier molecular flexibility index (Phi) is 4.50. The molecule has 142 valence electrons. The summed E-state index contributed by atoms with van der Waals surface area (Å²) in [6, 6.07) is 5.95. The number of hydrogen-bond donors (Lipinski definition) is 1. The number of carbonyl (C=O) groups excluding carboxylic acids is 1. The molecule has 26 heavy (non-hydrogen) atoms. The summed E-state index contributed by atoms with van der Waals surface area (Å²) in [5.41, 5.74) is 2.91. The second-order valence-corrected chi connectivity index (χ2v) is 9.14. The lowest BCUT2D eigenvalue weighted by molar-refractivity contribution is -0.158. The van der Waals surface area contributed by atoms with E-state index in [0.29, 0.717) is 30.0 Å². The third kappa shape index (κ3) is 2.92. The normalized spacial score (nSPS) is 35.5. The first-order chi connectivity index (χ1) is 12.4. The summed E-state index contributed by atoms with van der Waals surface area (Å²) in [5.74, 6) is 2.22. The molecule has 3 aliphatic rings. The number of benzene rings is 1. The van der Waals surface area contributed by atoms with Gasteiger partial charge in [0.05, 0.1) is 6.54 Å². The molecule has 1 N–H and O–H groups in total. The Morgan fingerprint density at radius 1 is 1.27 bits per heavy atom. The zero-order valence-corrected chi connectivity index (χ0v) is 16.2. The number of phenolic OH excluding ortho intramolecular Hbond substituents is 1. The molecular weight excluding hydrogens is 326 g/mol. The number of ether oxygens (including phenoxy) is 1. The molecule has 0 saturated heterocycles. The van der Waals surface area contributed by atoms with Gasteiger partial charge in [-0.2, -0.15) is 0 Å². The second-order valence-electron chi connectivity index (χ2n) is 9.14. The van der Waals surface area contributed by atoms with E-state index < -0.39 is 0 Å². The lowest BCUT2D eigenvalue weighted by Crippen LogP contribution is -2.45. The first kappa shape index (κ1) is 17.8. The standard InChI is InChI=1S/C22H31NO3/c1-22-11-10-17-16-7-5-15(24)12-14(16)4-6-18(17)19(22)8-9-20(22)26-21(25)13-23(2)3/h5,7,12,17-20,24H,4,6,8-11,13H2,1-3H3/t17-,18-,19+,20-,22+/m1/s1. The number of hydrogen-bond acceptors (Lipinski definition) is 4. The summed E-state index contributed by atoms with van der Waals surface area (Å²) in [7, 11) is 3.81. The fraction of sp³-hybridized carbons (Fsp3) is 0.682. The minimum atomic E-state index is -0.0894. The third-order valence-corrected chi connectivity index (χ3v) is 7.34. The fourth-order valence-electron chi connectivity index (χ4n) is 6.17. The summed E-state index contributed by atoms with van der Waals surface area (Å²) < 4.78 is 5.95. The van der Waals surface area contributed by atoms with Crippen molar-refractivity contribution in [1.82, 2.24) is 4.90 Å². The zero-order chi connectivity index (χ0) is 18.5. The molecule has 4 heteroatoms. The van der Waals surface area contributed by atoms with Gasteiger partial charge in [0.1, 0.15) is 11.9 Å². The van der Waals surface area contributed by atoms with Crippen LogP contribution in [0.2, 0.25) is 0 Å². The molecule has 2 fully saturated rings. The van der Waals surface area contributed by atoms with E-state index in [1.165, 1.54) is 24.0 Å². The van der Waals surface area contributed by atoms with Crippen LogP contribution in [0, 0.1) is 17.3 Å². The van der Waals surface area contributed by atoms with Crippen molar-refractivity contribution in [3.05, 3.63) is 29.3 Å². The van der Waals surface area contributed by atoms with Crippen LogP contribution in [0.5, 0.6) is 5.75 Å². The molecule has 0 aliphatic heterocycles. The Hall–Kier alpha value is -1.55. The van der Waals surface area contributed by atoms with Crippen molar-refractivity contribution < 1.29 is 14.6 Å². The van der Waals surface area contributed by atoms with Gasteiger partial charge in [-0.1, -0.05) is 13.0 Å². The summed E-state index contributed by atoms with van der Waals surface area (Å²) in [6.45, 7) is 2.72. The molecule has 0 amide bonds. The Morgan fingerprint density at radius 3 is 2.85 bits per heavy atom. The first-order valence-corrected chi connectivity index (χ1v) is 10.0. The highest BCUT2D eigenvalue weighted by atomic mass is 16.5. The second kappa shape index (κ2) is 6.56. The molecule has 1 aromatic rings. The van der Waals surface area contributed by atoms with Crippen molar-refractivity contribution in [3.8, 4) is 5.75 Å². The molecule has 0 heterocycles. The topological polar surface area (TPSA) is 49.8 Å². The highest BCUT2D eigenvalue weighted by molar-refractivity contribution is 5.71. The predicted molar refractivity (Wildman–Crippen MR) is 101 cm³/mol. The maximum atomic E-state index is 12.2. The van der Waals surface area contributed by atoms with Gasteiger partial charge in [-0.15, -0.1) is 0 Å². The maximum Gasteiger partial charge on any atom is 0.320 e. The van der Waals surface area contributed by atoms with Crippen LogP contribution in [0.4, 0.5) is 0 Å². The Morgan fingerprint density at radius 2 is 2.08 bits per heavy atom. The number of nitrogens with zero attached hydrogens (tertiary/aromatic N) is 1. The molecule has 4 nitrogen and oxygen atoms in total. The molecule has 0 radical (unpaired) electrons. The smallest absolute Gasteiger partial charge is 0.320 e. The average Bonchev–Trinajstić information content (AvgIpc) is 2.90. The van der Waals surface area contributed by atoms with Crippen LogP contribution in [0.25, 0.3) is 0 Å². The summed E-state index contributed by atoms with van der Waals surface area (Å²) >= 11 is 0. The van der Waals surface area contributed by atoms with Crippen LogP contribution in [0.15, 0.2) is 18.2 Å². The molecule has 4 rings (SSSR count). The van der Waals surface area contributed by atoms with Gasteiger partial charge in [0.15, 0.2) is 0 Å². The van der Waals surface area contributed by atoms with Crippen molar-refractivity contribution in [2.45, 2.75) is 57.5 Å². The SMILES string of the molecule is CN(C)CC(=O)O[C@@H]1CC[C@H]2[C@@H]3CCc4cc(O)ccc4[C@H]3CC[C@]12C. The van der Waals surface area contributed by atoms with E-state index in [1.54, 1.807) is 0 Å². The lowest BCUT2D eigenvalue weighted by atomic mass is 9.55. The average molecular weight is 357 g/mol. The molecule has 5 atom stereocenters. The molecule has 0 bridgehead atoms. The number of likely N-dealkylation sites (N-methyl/N-ethyl adjacent to an activating group) is 1. The van der Waals surface area contributed by atoms with Gasteiger partial charge in [0.2, 0.25) is 0 Å². The number of aromatic hydroxyl groups is 1. The summed E-state index contributed by atoms with van der Waals surface area (Å²) in [6.07, 6.45) is 6.79. The van der Waals surface area contributed by atoms with E-state index in [9.17, 15) is 9.90 Å². The van der Waals surface area contributed by atoms with Crippen LogP contribution < -0.4 is 0 Å². The predicted octanol–water partition coefficient (Wildman–Crippen LogP) is 3.72. The third-order valence-electron chi connectivity index (χ3n) is 7.34. The summed E-state index contributed by atoms with van der Waals surface area (Å²) in [5, 5.41) is 9.80. The molecule has 0 unspecified atom stereocenters. The van der Waals surface area contributed by atoms with E-state index in [1.807, 2.05) is 31.1 Å². The number of fused-ring (bicyclic) bond motifs is 5. The van der Waals surface area contributed by atoms with Crippen LogP contribution in [-0.4, -0.2) is 42.7 Å². The number of carbonyl (C=O) groups is 1. The molecular formula is C22H31NO3. The zero-order valence-electron chi connectivity index (χ0n) is 16.2. The fourth-order valence-corrected chi connectivity index (χ4v) is 6.17. The van der Waals surface area contributed by atoms with Gasteiger partial charge >= 0.3 is 5.97 Å². The van der Waals surface area contributed by atoms with Crippen LogP contribution >= 0.6 is 0 Å². The monoisotopic (exact) mass is 357 g/mol. The lowest BCUT2D eigenvalue weighted by Gasteiger charge is -2.50. The molecule has 0 spiro atoms. The maximum absolute atomic E-state index is 12.2. The van der Waals surface area contributed by atoms with E-state index in [2.05, 4.69) is 13.0 Å². The van der Waals surface area contributed by atoms with Crippen molar-refractivity contribution in [2.75, 3.05) is 20.6 Å². The van der Waals surface area contributed by atoms with Crippen molar-refractivity contribution in [3.63, 3.8) is 0 Å². The Bertz CT molecular complexity index is 701. The van der Waals surface area contributed by atoms with Gasteiger partial charge in [0.25, 0.3) is 0 Å². The molecule has 1 aromatic carbocycles. The van der Waals surface area contributed by atoms with Crippen LogP contribution in [-0.2, 0) is 16.0 Å². The number of rotatable bonds is 3. The van der Waals surface area contributed by atoms with Gasteiger partial charge in [-0.3, -0.25) is 9.69 Å². The van der Waals surface area contributed by atoms with Gasteiger partial charge in [0, 0.05) is 5.41 Å². The Labute approximate surface area is 156 Å². The number of esters is 1. The quantitative estimate of drug-likeness (QED) is 0.838.